The predicted octanol–water partition coefficient (Wildman–Crippen LogP) is 4.03. The van der Waals surface area contributed by atoms with Crippen LogP contribution in [-0.4, -0.2) is 22.8 Å². The topological polar surface area (TPSA) is 75.6 Å². The first-order chi connectivity index (χ1) is 9.56. The molecule has 0 aliphatic rings. The first-order valence-corrected chi connectivity index (χ1v) is 7.00. The molecule has 0 saturated heterocycles. The standard InChI is InChI=1S/C14H17Cl2NO4/c1-14(2,3)21-13(20)17-11(7-12(18)19)8-4-9(15)6-10(16)5-8/h4-6,11H,7H2,1-3H3,(H,17,20)(H,18,19)/t11-/m0/s1. The summed E-state index contributed by atoms with van der Waals surface area (Å²) < 4.78 is 5.12. The lowest BCUT2D eigenvalue weighted by atomic mass is 10.0. The first kappa shape index (κ1) is 17.6. The van der Waals surface area contributed by atoms with Crippen molar-refractivity contribution >= 4 is 35.3 Å². The van der Waals surface area contributed by atoms with Gasteiger partial charge in [-0.25, -0.2) is 4.79 Å². The minimum absolute atomic E-state index is 0.310. The van der Waals surface area contributed by atoms with E-state index in [1.807, 2.05) is 0 Å². The van der Waals surface area contributed by atoms with Crippen LogP contribution in [0.1, 0.15) is 38.8 Å². The number of carboxylic acids is 1. The van der Waals surface area contributed by atoms with Gasteiger partial charge in [0.05, 0.1) is 12.5 Å². The van der Waals surface area contributed by atoms with Crippen LogP contribution in [0.25, 0.3) is 0 Å². The molecule has 1 atom stereocenters. The third-order valence-corrected chi connectivity index (χ3v) is 2.79. The van der Waals surface area contributed by atoms with Gasteiger partial charge in [0.2, 0.25) is 0 Å². The highest BCUT2D eigenvalue weighted by molar-refractivity contribution is 6.34. The monoisotopic (exact) mass is 333 g/mol. The fourth-order valence-corrected chi connectivity index (χ4v) is 2.20. The Hall–Kier alpha value is -1.46. The van der Waals surface area contributed by atoms with E-state index in [1.165, 1.54) is 6.07 Å². The Morgan fingerprint density at radius 1 is 1.24 bits per heavy atom. The number of carbonyl (C=O) groups is 2. The van der Waals surface area contributed by atoms with E-state index in [0.717, 1.165) is 0 Å². The molecule has 0 unspecified atom stereocenters. The number of benzene rings is 1. The summed E-state index contributed by atoms with van der Waals surface area (Å²) in [4.78, 5) is 22.8. The number of nitrogens with one attached hydrogen (secondary N) is 1. The maximum atomic E-state index is 11.8. The lowest BCUT2D eigenvalue weighted by Gasteiger charge is -2.23. The number of amides is 1. The Morgan fingerprint density at radius 3 is 2.19 bits per heavy atom. The molecule has 0 fully saturated rings. The Bertz CT molecular complexity index is 520. The molecule has 1 aromatic rings. The molecule has 0 spiro atoms. The van der Waals surface area contributed by atoms with Gasteiger partial charge in [-0.05, 0) is 44.5 Å². The zero-order chi connectivity index (χ0) is 16.2. The van der Waals surface area contributed by atoms with E-state index in [-0.39, 0.29) is 6.42 Å². The molecular weight excluding hydrogens is 317 g/mol. The second-order valence-corrected chi connectivity index (χ2v) is 6.37. The molecule has 1 amide bonds. The summed E-state index contributed by atoms with van der Waals surface area (Å²) in [5.74, 6) is -1.06. The average molecular weight is 334 g/mol. The summed E-state index contributed by atoms with van der Waals surface area (Å²) in [5.41, 5.74) is -0.176. The summed E-state index contributed by atoms with van der Waals surface area (Å²) in [6.45, 7) is 5.15. The molecule has 5 nitrogen and oxygen atoms in total. The molecule has 116 valence electrons. The van der Waals surface area contributed by atoms with E-state index in [9.17, 15) is 9.59 Å². The molecular formula is C14H17Cl2NO4. The van der Waals surface area contributed by atoms with Gasteiger partial charge in [0.25, 0.3) is 0 Å². The third-order valence-electron chi connectivity index (χ3n) is 2.36. The van der Waals surface area contributed by atoms with Crippen LogP contribution >= 0.6 is 23.2 Å². The van der Waals surface area contributed by atoms with Crippen LogP contribution < -0.4 is 5.32 Å². The SMILES string of the molecule is CC(C)(C)OC(=O)N[C@@H](CC(=O)O)c1cc(Cl)cc(Cl)c1. The van der Waals surface area contributed by atoms with Crippen molar-refractivity contribution in [1.82, 2.24) is 5.32 Å². The van der Waals surface area contributed by atoms with E-state index >= 15 is 0 Å². The number of aliphatic carboxylic acids is 1. The summed E-state index contributed by atoms with van der Waals surface area (Å²) in [6, 6.07) is 3.85. The van der Waals surface area contributed by atoms with Crippen molar-refractivity contribution in [3.63, 3.8) is 0 Å². The Morgan fingerprint density at radius 2 is 1.76 bits per heavy atom. The maximum absolute atomic E-state index is 11.8. The van der Waals surface area contributed by atoms with Gasteiger partial charge in [-0.1, -0.05) is 23.2 Å². The van der Waals surface area contributed by atoms with Crippen LogP contribution in [0, 0.1) is 0 Å². The van der Waals surface area contributed by atoms with Crippen LogP contribution in [-0.2, 0) is 9.53 Å². The second kappa shape index (κ2) is 7.00. The Labute approximate surface area is 133 Å². The van der Waals surface area contributed by atoms with Gasteiger partial charge in [-0.3, -0.25) is 4.79 Å². The third kappa shape index (κ3) is 6.69. The average Bonchev–Trinajstić information content (AvgIpc) is 2.23. The van der Waals surface area contributed by atoms with E-state index in [0.29, 0.717) is 15.6 Å². The molecule has 21 heavy (non-hydrogen) atoms. The second-order valence-electron chi connectivity index (χ2n) is 5.50. The van der Waals surface area contributed by atoms with Gasteiger partial charge in [-0.15, -0.1) is 0 Å². The zero-order valence-corrected chi connectivity index (χ0v) is 13.5. The zero-order valence-electron chi connectivity index (χ0n) is 11.9. The molecule has 1 aromatic carbocycles. The molecule has 0 aromatic heterocycles. The highest BCUT2D eigenvalue weighted by atomic mass is 35.5. The molecule has 0 radical (unpaired) electrons. The van der Waals surface area contributed by atoms with E-state index in [4.69, 9.17) is 33.0 Å². The Balaban J connectivity index is 2.95. The fraction of sp³-hybridized carbons (Fsp3) is 0.429. The summed E-state index contributed by atoms with van der Waals surface area (Å²) in [7, 11) is 0. The van der Waals surface area contributed by atoms with Gasteiger partial charge in [-0.2, -0.15) is 0 Å². The highest BCUT2D eigenvalue weighted by Gasteiger charge is 2.23. The number of carbonyl (C=O) groups excluding carboxylic acids is 1. The van der Waals surface area contributed by atoms with Crippen LogP contribution in [0.3, 0.4) is 0 Å². The number of ether oxygens (including phenoxy) is 1. The molecule has 0 aliphatic carbocycles. The van der Waals surface area contributed by atoms with Crippen molar-refractivity contribution in [3.05, 3.63) is 33.8 Å². The van der Waals surface area contributed by atoms with Crippen LogP contribution in [0.15, 0.2) is 18.2 Å². The van der Waals surface area contributed by atoms with Crippen LogP contribution in [0.5, 0.6) is 0 Å². The van der Waals surface area contributed by atoms with Gasteiger partial charge in [0.15, 0.2) is 0 Å². The predicted molar refractivity (Wildman–Crippen MR) is 80.8 cm³/mol. The van der Waals surface area contributed by atoms with E-state index in [2.05, 4.69) is 5.32 Å². The number of alkyl carbamates (subject to hydrolysis) is 1. The molecule has 7 heteroatoms. The largest absolute Gasteiger partial charge is 0.481 e. The lowest BCUT2D eigenvalue weighted by molar-refractivity contribution is -0.137. The molecule has 0 saturated carbocycles. The quantitative estimate of drug-likeness (QED) is 0.871. The molecule has 2 N–H and O–H groups in total. The number of carboxylic acid groups (broad SMARTS) is 1. The van der Waals surface area contributed by atoms with E-state index in [1.54, 1.807) is 32.9 Å². The minimum Gasteiger partial charge on any atom is -0.481 e. The van der Waals surface area contributed by atoms with Gasteiger partial charge in [0, 0.05) is 10.0 Å². The Kier molecular flexibility index (Phi) is 5.87. The fourth-order valence-electron chi connectivity index (χ4n) is 1.65. The number of rotatable bonds is 4. The van der Waals surface area contributed by atoms with Crippen molar-refractivity contribution in [2.75, 3.05) is 0 Å². The first-order valence-electron chi connectivity index (χ1n) is 6.24. The van der Waals surface area contributed by atoms with Crippen LogP contribution in [0.2, 0.25) is 10.0 Å². The summed E-state index contributed by atoms with van der Waals surface area (Å²) in [5, 5.41) is 12.2. The highest BCUT2D eigenvalue weighted by Crippen LogP contribution is 2.25. The summed E-state index contributed by atoms with van der Waals surface area (Å²) in [6.07, 6.45) is -1.01. The lowest BCUT2D eigenvalue weighted by Crippen LogP contribution is -2.35. The smallest absolute Gasteiger partial charge is 0.408 e. The van der Waals surface area contributed by atoms with Crippen molar-refractivity contribution in [3.8, 4) is 0 Å². The van der Waals surface area contributed by atoms with Gasteiger partial charge >= 0.3 is 12.1 Å². The van der Waals surface area contributed by atoms with Crippen LogP contribution in [0.4, 0.5) is 4.79 Å². The van der Waals surface area contributed by atoms with Crippen molar-refractivity contribution in [1.29, 1.82) is 0 Å². The maximum Gasteiger partial charge on any atom is 0.408 e. The number of halogens is 2. The molecule has 0 aliphatic heterocycles. The van der Waals surface area contributed by atoms with Gasteiger partial charge in [0.1, 0.15) is 5.60 Å². The van der Waals surface area contributed by atoms with Crippen molar-refractivity contribution in [2.45, 2.75) is 38.8 Å². The summed E-state index contributed by atoms with van der Waals surface area (Å²) >= 11 is 11.8. The van der Waals surface area contributed by atoms with Gasteiger partial charge < -0.3 is 15.2 Å². The molecule has 1 rings (SSSR count). The minimum atomic E-state index is -1.06. The van der Waals surface area contributed by atoms with Crippen molar-refractivity contribution < 1.29 is 19.4 Å². The number of hydrogen-bond donors (Lipinski definition) is 2. The molecule has 0 heterocycles. The van der Waals surface area contributed by atoms with Crippen molar-refractivity contribution in [2.24, 2.45) is 0 Å². The normalized spacial score (nSPS) is 12.6. The van der Waals surface area contributed by atoms with E-state index < -0.39 is 23.7 Å². The molecule has 0 bridgehead atoms. The number of hydrogen-bond acceptors (Lipinski definition) is 3.